The van der Waals surface area contributed by atoms with Crippen molar-refractivity contribution >= 4 is 21.4 Å². The zero-order valence-electron chi connectivity index (χ0n) is 11.2. The minimum Gasteiger partial charge on any atom is -0.245 e. The maximum Gasteiger partial charge on any atom is 0.218 e. The summed E-state index contributed by atoms with van der Waals surface area (Å²) in [6, 6.07) is 5.48. The van der Waals surface area contributed by atoms with E-state index in [1.54, 1.807) is 0 Å². The molecule has 0 spiro atoms. The van der Waals surface area contributed by atoms with Gasteiger partial charge in [-0.15, -0.1) is 11.3 Å². The fraction of sp³-hybridized carbons (Fsp3) is 0.308. The van der Waals surface area contributed by atoms with Crippen molar-refractivity contribution in [3.8, 4) is 0 Å². The average molecular weight is 314 g/mol. The quantitative estimate of drug-likeness (QED) is 0.852. The molecular formula is C13H15FN2O2S2. The van der Waals surface area contributed by atoms with E-state index in [1.807, 2.05) is 12.3 Å². The number of hydrogen-bond acceptors (Lipinski definition) is 4. The molecule has 20 heavy (non-hydrogen) atoms. The van der Waals surface area contributed by atoms with Gasteiger partial charge in [-0.05, 0) is 24.6 Å². The molecule has 0 N–H and O–H groups in total. The van der Waals surface area contributed by atoms with Gasteiger partial charge in [0.1, 0.15) is 5.82 Å². The average Bonchev–Trinajstić information content (AvgIpc) is 2.77. The summed E-state index contributed by atoms with van der Waals surface area (Å²) in [6.45, 7) is 2.12. The predicted molar refractivity (Wildman–Crippen MR) is 77.3 cm³/mol. The molecule has 0 radical (unpaired) electrons. The molecule has 2 aromatic rings. The number of halogens is 1. The van der Waals surface area contributed by atoms with E-state index in [-0.39, 0.29) is 18.1 Å². The first-order valence-electron chi connectivity index (χ1n) is 5.96. The Bertz CT molecular complexity index is 681. The van der Waals surface area contributed by atoms with Crippen molar-refractivity contribution in [3.05, 3.63) is 51.7 Å². The second-order valence-electron chi connectivity index (χ2n) is 4.50. The van der Waals surface area contributed by atoms with Crippen molar-refractivity contribution in [3.63, 3.8) is 0 Å². The number of aromatic nitrogens is 1. The Morgan fingerprint density at radius 3 is 2.50 bits per heavy atom. The van der Waals surface area contributed by atoms with Gasteiger partial charge in [-0.3, -0.25) is 0 Å². The first-order chi connectivity index (χ1) is 9.37. The molecule has 0 amide bonds. The van der Waals surface area contributed by atoms with Gasteiger partial charge >= 0.3 is 0 Å². The second-order valence-corrected chi connectivity index (χ2v) is 7.63. The van der Waals surface area contributed by atoms with Gasteiger partial charge in [0.05, 0.1) is 23.0 Å². The first kappa shape index (κ1) is 15.1. The van der Waals surface area contributed by atoms with Crippen LogP contribution in [-0.2, 0) is 22.3 Å². The highest BCUT2D eigenvalue weighted by Crippen LogP contribution is 2.15. The van der Waals surface area contributed by atoms with Gasteiger partial charge in [0, 0.05) is 12.4 Å². The van der Waals surface area contributed by atoms with Crippen molar-refractivity contribution < 1.29 is 12.8 Å². The van der Waals surface area contributed by atoms with Crippen LogP contribution in [0.4, 0.5) is 4.39 Å². The van der Waals surface area contributed by atoms with E-state index in [0.717, 1.165) is 10.7 Å². The molecule has 0 fully saturated rings. The van der Waals surface area contributed by atoms with E-state index in [9.17, 15) is 12.8 Å². The number of aryl methyl sites for hydroxylation is 1. The molecule has 1 heterocycles. The van der Waals surface area contributed by atoms with Gasteiger partial charge < -0.3 is 0 Å². The maximum atomic E-state index is 12.8. The zero-order chi connectivity index (χ0) is 14.8. The molecule has 2 rings (SSSR count). The molecule has 0 saturated carbocycles. The molecule has 7 heteroatoms. The number of hydrogen-bond donors (Lipinski definition) is 0. The molecule has 1 aromatic carbocycles. The molecule has 0 unspecified atom stereocenters. The van der Waals surface area contributed by atoms with E-state index in [0.29, 0.717) is 5.56 Å². The molecule has 0 saturated heterocycles. The molecule has 1 aromatic heterocycles. The summed E-state index contributed by atoms with van der Waals surface area (Å²) >= 11 is 1.49. The Balaban J connectivity index is 2.07. The third-order valence-corrected chi connectivity index (χ3v) is 5.39. The number of thiazole rings is 1. The summed E-state index contributed by atoms with van der Waals surface area (Å²) in [4.78, 5) is 4.25. The van der Waals surface area contributed by atoms with Crippen LogP contribution in [-0.4, -0.2) is 24.8 Å². The Morgan fingerprint density at radius 1 is 1.30 bits per heavy atom. The van der Waals surface area contributed by atoms with Gasteiger partial charge in [-0.25, -0.2) is 17.8 Å². The fourth-order valence-corrected chi connectivity index (χ4v) is 3.48. The van der Waals surface area contributed by atoms with Crippen LogP contribution in [0.3, 0.4) is 0 Å². The molecule has 0 atom stereocenters. The highest BCUT2D eigenvalue weighted by atomic mass is 32.2. The number of rotatable bonds is 5. The third-order valence-electron chi connectivity index (χ3n) is 2.79. The lowest BCUT2D eigenvalue weighted by Gasteiger charge is -2.16. The summed E-state index contributed by atoms with van der Waals surface area (Å²) in [7, 11) is -1.92. The highest BCUT2D eigenvalue weighted by molar-refractivity contribution is 7.88. The van der Waals surface area contributed by atoms with E-state index in [4.69, 9.17) is 0 Å². The Hall–Kier alpha value is -1.31. The minimum atomic E-state index is -3.44. The molecular weight excluding hydrogens is 299 g/mol. The highest BCUT2D eigenvalue weighted by Gasteiger charge is 2.19. The molecule has 0 aliphatic heterocycles. The van der Waals surface area contributed by atoms with Crippen LogP contribution < -0.4 is 0 Å². The van der Waals surface area contributed by atoms with Crippen LogP contribution >= 0.6 is 11.3 Å². The SMILES string of the molecule is Cc1nc(CN(C)S(=O)(=O)Cc2ccc(F)cc2)cs1. The third kappa shape index (κ3) is 3.84. The molecule has 108 valence electrons. The molecule has 4 nitrogen and oxygen atoms in total. The molecule has 0 bridgehead atoms. The lowest BCUT2D eigenvalue weighted by Crippen LogP contribution is -2.27. The predicted octanol–water partition coefficient (Wildman–Crippen LogP) is 2.55. The van der Waals surface area contributed by atoms with E-state index < -0.39 is 10.0 Å². The monoisotopic (exact) mass is 314 g/mol. The van der Waals surface area contributed by atoms with Gasteiger partial charge in [-0.2, -0.15) is 4.31 Å². The number of sulfonamides is 1. The Morgan fingerprint density at radius 2 is 1.95 bits per heavy atom. The van der Waals surface area contributed by atoms with Crippen LogP contribution in [0.5, 0.6) is 0 Å². The summed E-state index contributed by atoms with van der Waals surface area (Å²) in [5, 5.41) is 2.75. The Labute approximate surface area is 121 Å². The lowest BCUT2D eigenvalue weighted by molar-refractivity contribution is 0.462. The van der Waals surface area contributed by atoms with Gasteiger partial charge in [0.2, 0.25) is 10.0 Å². The maximum absolute atomic E-state index is 12.8. The number of benzene rings is 1. The van der Waals surface area contributed by atoms with Crippen molar-refractivity contribution in [1.29, 1.82) is 0 Å². The molecule has 0 aliphatic rings. The van der Waals surface area contributed by atoms with Crippen LogP contribution in [0.2, 0.25) is 0 Å². The first-order valence-corrected chi connectivity index (χ1v) is 8.45. The van der Waals surface area contributed by atoms with E-state index >= 15 is 0 Å². The lowest BCUT2D eigenvalue weighted by atomic mass is 10.2. The normalized spacial score (nSPS) is 12.0. The smallest absolute Gasteiger partial charge is 0.218 e. The van der Waals surface area contributed by atoms with Crippen molar-refractivity contribution in [2.75, 3.05) is 7.05 Å². The summed E-state index contributed by atoms with van der Waals surface area (Å²) < 4.78 is 38.5. The van der Waals surface area contributed by atoms with Crippen LogP contribution in [0.25, 0.3) is 0 Å². The largest absolute Gasteiger partial charge is 0.245 e. The zero-order valence-corrected chi connectivity index (χ0v) is 12.8. The van der Waals surface area contributed by atoms with Crippen LogP contribution in [0.15, 0.2) is 29.6 Å². The topological polar surface area (TPSA) is 50.3 Å². The van der Waals surface area contributed by atoms with E-state index in [2.05, 4.69) is 4.98 Å². The second kappa shape index (κ2) is 5.99. The Kier molecular flexibility index (Phi) is 4.52. The van der Waals surface area contributed by atoms with Crippen molar-refractivity contribution in [2.24, 2.45) is 0 Å². The fourth-order valence-electron chi connectivity index (χ4n) is 1.71. The summed E-state index contributed by atoms with van der Waals surface area (Å²) in [6.07, 6.45) is 0. The van der Waals surface area contributed by atoms with Crippen molar-refractivity contribution in [2.45, 2.75) is 19.2 Å². The number of nitrogens with zero attached hydrogens (tertiary/aromatic N) is 2. The molecule has 0 aliphatic carbocycles. The minimum absolute atomic E-state index is 0.146. The summed E-state index contributed by atoms with van der Waals surface area (Å²) in [5.74, 6) is -0.523. The standard InChI is InChI=1S/C13H15FN2O2S2/c1-10-15-13(8-19-10)7-16(2)20(17,18)9-11-3-5-12(14)6-4-11/h3-6,8H,7,9H2,1-2H3. The van der Waals surface area contributed by atoms with Crippen molar-refractivity contribution in [1.82, 2.24) is 9.29 Å². The van der Waals surface area contributed by atoms with E-state index in [1.165, 1.54) is 47.0 Å². The van der Waals surface area contributed by atoms with Crippen LogP contribution in [0, 0.1) is 12.7 Å². The van der Waals surface area contributed by atoms with Crippen LogP contribution in [0.1, 0.15) is 16.3 Å². The van der Waals surface area contributed by atoms with Gasteiger partial charge in [0.25, 0.3) is 0 Å². The summed E-state index contributed by atoms with van der Waals surface area (Å²) in [5.41, 5.74) is 1.30. The van der Waals surface area contributed by atoms with Gasteiger partial charge in [-0.1, -0.05) is 12.1 Å². The van der Waals surface area contributed by atoms with Gasteiger partial charge in [0.15, 0.2) is 0 Å².